The van der Waals surface area contributed by atoms with E-state index in [1.54, 1.807) is 36.9 Å². The molecule has 2 aromatic heterocycles. The fourth-order valence-electron chi connectivity index (χ4n) is 2.07. The van der Waals surface area contributed by atoms with Crippen molar-refractivity contribution in [3.05, 3.63) is 60.2 Å². The van der Waals surface area contributed by atoms with Gasteiger partial charge in [0.1, 0.15) is 0 Å². The van der Waals surface area contributed by atoms with E-state index in [1.807, 2.05) is 12.1 Å². The fourth-order valence-corrected chi connectivity index (χ4v) is 2.88. The summed E-state index contributed by atoms with van der Waals surface area (Å²) in [5, 5.41) is 2.77. The molecule has 0 aliphatic carbocycles. The van der Waals surface area contributed by atoms with E-state index in [1.165, 1.54) is 4.31 Å². The Hall–Kier alpha value is -2.32. The summed E-state index contributed by atoms with van der Waals surface area (Å²) in [6, 6.07) is 7.17. The summed E-state index contributed by atoms with van der Waals surface area (Å²) in [4.78, 5) is 19.8. The van der Waals surface area contributed by atoms with Crippen molar-refractivity contribution in [2.24, 2.45) is 0 Å². The van der Waals surface area contributed by atoms with Gasteiger partial charge in [0, 0.05) is 50.8 Å². The Morgan fingerprint density at radius 1 is 1.12 bits per heavy atom. The Morgan fingerprint density at radius 2 is 1.88 bits per heavy atom. The minimum Gasteiger partial charge on any atom is -0.352 e. The van der Waals surface area contributed by atoms with E-state index >= 15 is 0 Å². The number of hydrogen-bond acceptors (Lipinski definition) is 5. The van der Waals surface area contributed by atoms with Gasteiger partial charge in [-0.2, -0.15) is 4.31 Å². The van der Waals surface area contributed by atoms with Crippen LogP contribution in [0.5, 0.6) is 0 Å². The molecule has 24 heavy (non-hydrogen) atoms. The molecule has 0 aromatic carbocycles. The maximum absolute atomic E-state index is 11.9. The summed E-state index contributed by atoms with van der Waals surface area (Å²) in [5.41, 5.74) is 1.72. The average Bonchev–Trinajstić information content (AvgIpc) is 2.57. The molecular formula is C16H20N4O3S. The lowest BCUT2D eigenvalue weighted by atomic mass is 10.2. The maximum atomic E-state index is 11.9. The molecule has 1 N–H and O–H groups in total. The van der Waals surface area contributed by atoms with Gasteiger partial charge >= 0.3 is 0 Å². The van der Waals surface area contributed by atoms with Crippen LogP contribution in [0.1, 0.15) is 17.5 Å². The summed E-state index contributed by atoms with van der Waals surface area (Å²) in [7, 11) is -3.41. The lowest BCUT2D eigenvalue weighted by molar-refractivity contribution is -0.121. The molecule has 2 heterocycles. The molecule has 8 heteroatoms. The molecule has 0 aliphatic rings. The highest BCUT2D eigenvalue weighted by molar-refractivity contribution is 7.88. The highest BCUT2D eigenvalue weighted by Crippen LogP contribution is 2.08. The van der Waals surface area contributed by atoms with E-state index in [0.717, 1.165) is 17.4 Å². The zero-order valence-corrected chi connectivity index (χ0v) is 14.2. The van der Waals surface area contributed by atoms with Gasteiger partial charge in [0.15, 0.2) is 0 Å². The van der Waals surface area contributed by atoms with Gasteiger partial charge in [-0.1, -0.05) is 6.07 Å². The summed E-state index contributed by atoms with van der Waals surface area (Å²) in [5.74, 6) is -0.202. The smallest absolute Gasteiger partial charge is 0.221 e. The van der Waals surface area contributed by atoms with Gasteiger partial charge in [0.2, 0.25) is 15.9 Å². The second-order valence-corrected chi connectivity index (χ2v) is 7.32. The summed E-state index contributed by atoms with van der Waals surface area (Å²) in [6.07, 6.45) is 7.78. The van der Waals surface area contributed by atoms with Crippen LogP contribution < -0.4 is 5.32 Å². The van der Waals surface area contributed by atoms with Crippen molar-refractivity contribution in [1.29, 1.82) is 0 Å². The van der Waals surface area contributed by atoms with Crippen LogP contribution in [-0.2, 0) is 27.9 Å². The van der Waals surface area contributed by atoms with Crippen LogP contribution in [0.3, 0.4) is 0 Å². The number of aromatic nitrogens is 2. The third-order valence-electron chi connectivity index (χ3n) is 3.38. The topological polar surface area (TPSA) is 92.3 Å². The number of pyridine rings is 2. The zero-order valence-electron chi connectivity index (χ0n) is 13.4. The molecule has 1 amide bonds. The van der Waals surface area contributed by atoms with E-state index in [9.17, 15) is 13.2 Å². The number of sulfonamides is 1. The molecule has 0 fully saturated rings. The average molecular weight is 348 g/mol. The van der Waals surface area contributed by atoms with Crippen molar-refractivity contribution >= 4 is 15.9 Å². The number of rotatable bonds is 8. The van der Waals surface area contributed by atoms with Crippen LogP contribution in [0.15, 0.2) is 49.1 Å². The molecule has 0 unspecified atom stereocenters. The van der Waals surface area contributed by atoms with E-state index in [-0.39, 0.29) is 25.4 Å². The van der Waals surface area contributed by atoms with E-state index < -0.39 is 10.0 Å². The van der Waals surface area contributed by atoms with Crippen LogP contribution in [0, 0.1) is 0 Å². The Bertz CT molecular complexity index is 751. The maximum Gasteiger partial charge on any atom is 0.221 e. The molecule has 0 saturated carbocycles. The Morgan fingerprint density at radius 3 is 2.50 bits per heavy atom. The minimum atomic E-state index is -3.41. The van der Waals surface area contributed by atoms with E-state index in [2.05, 4.69) is 15.3 Å². The van der Waals surface area contributed by atoms with Crippen LogP contribution >= 0.6 is 0 Å². The molecule has 0 atom stereocenters. The Balaban J connectivity index is 1.87. The molecule has 0 aliphatic heterocycles. The van der Waals surface area contributed by atoms with Crippen LogP contribution in [0.2, 0.25) is 0 Å². The predicted octanol–water partition coefficient (Wildman–Crippen LogP) is 0.945. The van der Waals surface area contributed by atoms with Gasteiger partial charge in [0.05, 0.1) is 6.26 Å². The number of nitrogens with zero attached hydrogens (tertiary/aromatic N) is 3. The Labute approximate surface area is 141 Å². The minimum absolute atomic E-state index is 0.0957. The highest BCUT2D eigenvalue weighted by atomic mass is 32.2. The molecule has 128 valence electrons. The quantitative estimate of drug-likeness (QED) is 0.767. The standard InChI is InChI=1S/C16H20N4O3S/c1-24(22,23)20(13-15-3-2-7-18-11-15)10-6-16(21)19-12-14-4-8-17-9-5-14/h2-5,7-9,11H,6,10,12-13H2,1H3,(H,19,21). The predicted molar refractivity (Wildman–Crippen MR) is 90.2 cm³/mol. The van der Waals surface area contributed by atoms with E-state index in [4.69, 9.17) is 0 Å². The van der Waals surface area contributed by atoms with Crippen molar-refractivity contribution in [2.75, 3.05) is 12.8 Å². The van der Waals surface area contributed by atoms with Gasteiger partial charge in [0.25, 0.3) is 0 Å². The second-order valence-electron chi connectivity index (χ2n) is 5.34. The van der Waals surface area contributed by atoms with Crippen LogP contribution in [0.25, 0.3) is 0 Å². The molecule has 2 rings (SSSR count). The highest BCUT2D eigenvalue weighted by Gasteiger charge is 2.18. The van der Waals surface area contributed by atoms with E-state index in [0.29, 0.717) is 6.54 Å². The van der Waals surface area contributed by atoms with Crippen molar-refractivity contribution in [3.8, 4) is 0 Å². The molecule has 0 saturated heterocycles. The molecule has 0 bridgehead atoms. The van der Waals surface area contributed by atoms with Gasteiger partial charge in [-0.15, -0.1) is 0 Å². The Kier molecular flexibility index (Phi) is 6.39. The molecular weight excluding hydrogens is 328 g/mol. The van der Waals surface area contributed by atoms with Gasteiger partial charge < -0.3 is 5.32 Å². The summed E-state index contributed by atoms with van der Waals surface area (Å²) in [6.45, 7) is 0.711. The fraction of sp³-hybridized carbons (Fsp3) is 0.312. The lowest BCUT2D eigenvalue weighted by Gasteiger charge is -2.19. The van der Waals surface area contributed by atoms with Gasteiger partial charge in [-0.3, -0.25) is 14.8 Å². The first-order valence-electron chi connectivity index (χ1n) is 7.45. The van der Waals surface area contributed by atoms with Crippen LogP contribution in [-0.4, -0.2) is 41.4 Å². The molecule has 2 aromatic rings. The number of nitrogens with one attached hydrogen (secondary N) is 1. The van der Waals surface area contributed by atoms with Gasteiger partial charge in [-0.25, -0.2) is 8.42 Å². The number of carbonyl (C=O) groups is 1. The zero-order chi connectivity index (χ0) is 17.4. The monoisotopic (exact) mass is 348 g/mol. The van der Waals surface area contributed by atoms with Crippen LogP contribution in [0.4, 0.5) is 0 Å². The normalized spacial score (nSPS) is 11.4. The molecule has 0 spiro atoms. The molecule has 7 nitrogen and oxygen atoms in total. The first kappa shape index (κ1) is 18.0. The first-order valence-corrected chi connectivity index (χ1v) is 9.29. The summed E-state index contributed by atoms with van der Waals surface area (Å²) < 4.78 is 25.1. The largest absolute Gasteiger partial charge is 0.352 e. The molecule has 0 radical (unpaired) electrons. The van der Waals surface area contributed by atoms with Crippen molar-refractivity contribution < 1.29 is 13.2 Å². The number of hydrogen-bond donors (Lipinski definition) is 1. The second kappa shape index (κ2) is 8.51. The number of amides is 1. The number of carbonyl (C=O) groups excluding carboxylic acids is 1. The van der Waals surface area contributed by atoms with Crippen molar-refractivity contribution in [2.45, 2.75) is 19.5 Å². The summed E-state index contributed by atoms with van der Waals surface area (Å²) >= 11 is 0. The first-order chi connectivity index (χ1) is 11.4. The lowest BCUT2D eigenvalue weighted by Crippen LogP contribution is -2.34. The third-order valence-corrected chi connectivity index (χ3v) is 4.63. The van der Waals surface area contributed by atoms with Crippen molar-refractivity contribution in [3.63, 3.8) is 0 Å². The SMILES string of the molecule is CS(=O)(=O)N(CCC(=O)NCc1ccncc1)Cc1cccnc1. The van der Waals surface area contributed by atoms with Gasteiger partial charge in [-0.05, 0) is 29.3 Å². The third kappa shape index (κ3) is 6.05. The van der Waals surface area contributed by atoms with Crippen molar-refractivity contribution in [1.82, 2.24) is 19.6 Å².